The molecule has 3 N–H and O–H groups in total. The summed E-state index contributed by atoms with van der Waals surface area (Å²) in [5.41, 5.74) is 8.59. The number of rotatable bonds is 4. The zero-order valence-corrected chi connectivity index (χ0v) is 10.4. The Morgan fingerprint density at radius 2 is 2.35 bits per heavy atom. The van der Waals surface area contributed by atoms with E-state index in [-0.39, 0.29) is 12.1 Å². The summed E-state index contributed by atoms with van der Waals surface area (Å²) in [5, 5.41) is 9.21. The van der Waals surface area contributed by atoms with Crippen molar-refractivity contribution in [1.82, 2.24) is 0 Å². The molecule has 1 aromatic rings. The molecule has 1 aliphatic rings. The van der Waals surface area contributed by atoms with Crippen LogP contribution < -0.4 is 10.5 Å². The number of ether oxygens (including phenoxy) is 1. The van der Waals surface area contributed by atoms with E-state index in [1.54, 1.807) is 6.92 Å². The Hall–Kier alpha value is -1.06. The molecule has 3 heteroatoms. The van der Waals surface area contributed by atoms with Crippen LogP contribution in [0.3, 0.4) is 0 Å². The van der Waals surface area contributed by atoms with Crippen molar-refractivity contribution in [3.8, 4) is 5.75 Å². The van der Waals surface area contributed by atoms with Crippen molar-refractivity contribution in [2.24, 2.45) is 5.73 Å². The molecule has 2 rings (SSSR count). The summed E-state index contributed by atoms with van der Waals surface area (Å²) < 4.78 is 5.75. The average Bonchev–Trinajstić information content (AvgIpc) is 2.30. The third-order valence-electron chi connectivity index (χ3n) is 3.30. The molecule has 0 saturated heterocycles. The smallest absolute Gasteiger partial charge is 0.122 e. The monoisotopic (exact) mass is 235 g/mol. The molecule has 3 nitrogen and oxygen atoms in total. The number of nitrogens with two attached hydrogens (primary N) is 1. The summed E-state index contributed by atoms with van der Waals surface area (Å²) in [5.74, 6) is 0.943. The average molecular weight is 235 g/mol. The first-order valence-corrected chi connectivity index (χ1v) is 6.36. The van der Waals surface area contributed by atoms with Crippen molar-refractivity contribution in [2.45, 2.75) is 44.8 Å². The predicted octanol–water partition coefficient (Wildman–Crippen LogP) is 2.17. The summed E-state index contributed by atoms with van der Waals surface area (Å²) in [6.45, 7) is 2.34. The first kappa shape index (κ1) is 12.4. The highest BCUT2D eigenvalue weighted by molar-refractivity contribution is 5.43. The molecule has 94 valence electrons. The molecule has 0 spiro atoms. The maximum atomic E-state index is 9.21. The number of aliphatic hydroxyl groups is 1. The second-order valence-electron chi connectivity index (χ2n) is 4.81. The van der Waals surface area contributed by atoms with Crippen LogP contribution in [0.4, 0.5) is 0 Å². The van der Waals surface area contributed by atoms with E-state index in [1.807, 2.05) is 12.1 Å². The van der Waals surface area contributed by atoms with Crippen LogP contribution in [0, 0.1) is 0 Å². The van der Waals surface area contributed by atoms with Crippen LogP contribution in [-0.4, -0.2) is 17.8 Å². The Morgan fingerprint density at radius 3 is 3.12 bits per heavy atom. The van der Waals surface area contributed by atoms with Gasteiger partial charge in [-0.2, -0.15) is 0 Å². The molecular weight excluding hydrogens is 214 g/mol. The van der Waals surface area contributed by atoms with Gasteiger partial charge in [-0.25, -0.2) is 0 Å². The van der Waals surface area contributed by atoms with Crippen LogP contribution in [0.25, 0.3) is 0 Å². The van der Waals surface area contributed by atoms with E-state index in [2.05, 4.69) is 6.07 Å². The lowest BCUT2D eigenvalue weighted by molar-refractivity contribution is 0.155. The number of hydrogen-bond donors (Lipinski definition) is 2. The van der Waals surface area contributed by atoms with Gasteiger partial charge in [0.05, 0.1) is 12.7 Å². The van der Waals surface area contributed by atoms with Gasteiger partial charge in [0.2, 0.25) is 0 Å². The standard InChI is InChI=1S/C14H21NO2/c1-10(16)8-9-17-14-7-3-4-11-12(14)5-2-6-13(11)15/h3-4,7,10,13,16H,2,5-6,8-9,15H2,1H3. The lowest BCUT2D eigenvalue weighted by atomic mass is 9.87. The first-order chi connectivity index (χ1) is 8.18. The molecule has 0 aromatic heterocycles. The van der Waals surface area contributed by atoms with Crippen LogP contribution in [0.2, 0.25) is 0 Å². The molecule has 17 heavy (non-hydrogen) atoms. The van der Waals surface area contributed by atoms with E-state index in [1.165, 1.54) is 11.1 Å². The van der Waals surface area contributed by atoms with Crippen molar-refractivity contribution < 1.29 is 9.84 Å². The number of hydrogen-bond acceptors (Lipinski definition) is 3. The fourth-order valence-electron chi connectivity index (χ4n) is 2.33. The SMILES string of the molecule is CC(O)CCOc1cccc2c1CCCC2N. The van der Waals surface area contributed by atoms with Gasteiger partial charge < -0.3 is 15.6 Å². The highest BCUT2D eigenvalue weighted by Crippen LogP contribution is 2.34. The first-order valence-electron chi connectivity index (χ1n) is 6.36. The minimum Gasteiger partial charge on any atom is -0.493 e. The second kappa shape index (κ2) is 5.52. The molecule has 2 atom stereocenters. The van der Waals surface area contributed by atoms with Gasteiger partial charge in [-0.05, 0) is 43.4 Å². The Balaban J connectivity index is 2.09. The van der Waals surface area contributed by atoms with Crippen LogP contribution in [0.1, 0.15) is 43.4 Å². The van der Waals surface area contributed by atoms with Crippen LogP contribution in [0.5, 0.6) is 5.75 Å². The zero-order chi connectivity index (χ0) is 12.3. The summed E-state index contributed by atoms with van der Waals surface area (Å²) in [6.07, 6.45) is 3.59. The Labute approximate surface area is 103 Å². The highest BCUT2D eigenvalue weighted by Gasteiger charge is 2.19. The summed E-state index contributed by atoms with van der Waals surface area (Å²) >= 11 is 0. The highest BCUT2D eigenvalue weighted by atomic mass is 16.5. The fourth-order valence-corrected chi connectivity index (χ4v) is 2.33. The molecule has 0 radical (unpaired) electrons. The van der Waals surface area contributed by atoms with Crippen molar-refractivity contribution in [3.63, 3.8) is 0 Å². The predicted molar refractivity (Wildman–Crippen MR) is 68.1 cm³/mol. The summed E-state index contributed by atoms with van der Waals surface area (Å²) in [6, 6.07) is 6.25. The maximum Gasteiger partial charge on any atom is 0.122 e. The van der Waals surface area contributed by atoms with Crippen molar-refractivity contribution in [1.29, 1.82) is 0 Å². The van der Waals surface area contributed by atoms with Gasteiger partial charge in [-0.3, -0.25) is 0 Å². The van der Waals surface area contributed by atoms with Crippen molar-refractivity contribution in [2.75, 3.05) is 6.61 Å². The van der Waals surface area contributed by atoms with E-state index in [0.29, 0.717) is 13.0 Å². The Kier molecular flexibility index (Phi) is 4.02. The minimum absolute atomic E-state index is 0.152. The summed E-state index contributed by atoms with van der Waals surface area (Å²) in [4.78, 5) is 0. The molecule has 0 fully saturated rings. The molecule has 0 bridgehead atoms. The Bertz CT molecular complexity index is 376. The number of benzene rings is 1. The van der Waals surface area contributed by atoms with Crippen molar-refractivity contribution in [3.05, 3.63) is 29.3 Å². The topological polar surface area (TPSA) is 55.5 Å². The van der Waals surface area contributed by atoms with E-state index in [0.717, 1.165) is 25.0 Å². The van der Waals surface area contributed by atoms with Gasteiger partial charge in [0.15, 0.2) is 0 Å². The number of fused-ring (bicyclic) bond motifs is 1. The van der Waals surface area contributed by atoms with E-state index in [4.69, 9.17) is 10.5 Å². The Morgan fingerprint density at radius 1 is 1.53 bits per heavy atom. The van der Waals surface area contributed by atoms with E-state index in [9.17, 15) is 5.11 Å². The molecule has 0 aliphatic heterocycles. The third kappa shape index (κ3) is 2.99. The van der Waals surface area contributed by atoms with Gasteiger partial charge in [0.1, 0.15) is 5.75 Å². The molecule has 0 heterocycles. The molecule has 1 aliphatic carbocycles. The fraction of sp³-hybridized carbons (Fsp3) is 0.571. The van der Waals surface area contributed by atoms with Gasteiger partial charge >= 0.3 is 0 Å². The van der Waals surface area contributed by atoms with Gasteiger partial charge in [-0.1, -0.05) is 12.1 Å². The third-order valence-corrected chi connectivity index (χ3v) is 3.30. The normalized spacial score (nSPS) is 20.8. The largest absolute Gasteiger partial charge is 0.493 e. The molecular formula is C14H21NO2. The molecule has 0 saturated carbocycles. The second-order valence-corrected chi connectivity index (χ2v) is 4.81. The van der Waals surface area contributed by atoms with Crippen LogP contribution in [-0.2, 0) is 6.42 Å². The van der Waals surface area contributed by atoms with Gasteiger partial charge in [-0.15, -0.1) is 0 Å². The molecule has 1 aromatic carbocycles. The summed E-state index contributed by atoms with van der Waals surface area (Å²) in [7, 11) is 0. The van der Waals surface area contributed by atoms with Gasteiger partial charge in [0.25, 0.3) is 0 Å². The lowest BCUT2D eigenvalue weighted by Crippen LogP contribution is -2.18. The molecule has 2 unspecified atom stereocenters. The van der Waals surface area contributed by atoms with E-state index < -0.39 is 0 Å². The van der Waals surface area contributed by atoms with Crippen molar-refractivity contribution >= 4 is 0 Å². The quantitative estimate of drug-likeness (QED) is 0.841. The van der Waals surface area contributed by atoms with Gasteiger partial charge in [0, 0.05) is 12.5 Å². The molecule has 0 amide bonds. The number of aliphatic hydroxyl groups excluding tert-OH is 1. The van der Waals surface area contributed by atoms with E-state index >= 15 is 0 Å². The lowest BCUT2D eigenvalue weighted by Gasteiger charge is -2.24. The van der Waals surface area contributed by atoms with Crippen LogP contribution >= 0.6 is 0 Å². The minimum atomic E-state index is -0.309. The van der Waals surface area contributed by atoms with Crippen LogP contribution in [0.15, 0.2) is 18.2 Å². The zero-order valence-electron chi connectivity index (χ0n) is 10.4. The maximum absolute atomic E-state index is 9.21.